The van der Waals surface area contributed by atoms with Crippen LogP contribution >= 0.6 is 0 Å². The lowest BCUT2D eigenvalue weighted by atomic mass is 9.97. The summed E-state index contributed by atoms with van der Waals surface area (Å²) < 4.78 is 43.2. The molecule has 1 aromatic rings. The lowest BCUT2D eigenvalue weighted by molar-refractivity contribution is -0.139. The molecule has 0 saturated heterocycles. The smallest absolute Gasteiger partial charge is 0.416 e. The average molecular weight is 249 g/mol. The first kappa shape index (κ1) is 13.8. The predicted octanol–water partition coefficient (Wildman–Crippen LogP) is 2.09. The number of aliphatic hydroxyl groups is 1. The molecule has 0 aliphatic rings. The SMILES string of the molecule is COc1cccc(C(F)(F)F)c1C(O)C(C)N. The van der Waals surface area contributed by atoms with Crippen molar-refractivity contribution >= 4 is 0 Å². The number of ether oxygens (including phenoxy) is 1. The van der Waals surface area contributed by atoms with Crippen molar-refractivity contribution < 1.29 is 23.0 Å². The summed E-state index contributed by atoms with van der Waals surface area (Å²) >= 11 is 0. The molecule has 0 saturated carbocycles. The fourth-order valence-electron chi connectivity index (χ4n) is 1.54. The van der Waals surface area contributed by atoms with Gasteiger partial charge in [-0.15, -0.1) is 0 Å². The third-order valence-corrected chi connectivity index (χ3v) is 2.39. The van der Waals surface area contributed by atoms with Crippen LogP contribution in [0.4, 0.5) is 13.2 Å². The predicted molar refractivity (Wildman–Crippen MR) is 56.6 cm³/mol. The molecular weight excluding hydrogens is 235 g/mol. The third-order valence-electron chi connectivity index (χ3n) is 2.39. The molecule has 96 valence electrons. The summed E-state index contributed by atoms with van der Waals surface area (Å²) in [5.41, 5.74) is 4.18. The van der Waals surface area contributed by atoms with Crippen molar-refractivity contribution in [1.29, 1.82) is 0 Å². The fraction of sp³-hybridized carbons (Fsp3) is 0.455. The molecule has 0 bridgehead atoms. The van der Waals surface area contributed by atoms with Crippen LogP contribution in [0.25, 0.3) is 0 Å². The second-order valence-electron chi connectivity index (χ2n) is 3.72. The number of aliphatic hydroxyl groups excluding tert-OH is 1. The normalized spacial score (nSPS) is 15.5. The Kier molecular flexibility index (Phi) is 4.00. The van der Waals surface area contributed by atoms with Gasteiger partial charge in [0.15, 0.2) is 0 Å². The van der Waals surface area contributed by atoms with E-state index < -0.39 is 23.9 Å². The number of benzene rings is 1. The van der Waals surface area contributed by atoms with Gasteiger partial charge in [0, 0.05) is 11.6 Å². The summed E-state index contributed by atoms with van der Waals surface area (Å²) in [4.78, 5) is 0. The molecule has 2 atom stereocenters. The van der Waals surface area contributed by atoms with E-state index in [1.807, 2.05) is 0 Å². The Hall–Kier alpha value is -1.27. The maximum Gasteiger partial charge on any atom is 0.416 e. The van der Waals surface area contributed by atoms with Gasteiger partial charge in [-0.05, 0) is 19.1 Å². The lowest BCUT2D eigenvalue weighted by Crippen LogP contribution is -2.27. The van der Waals surface area contributed by atoms with E-state index >= 15 is 0 Å². The summed E-state index contributed by atoms with van der Waals surface area (Å²) in [6, 6.07) is 2.64. The summed E-state index contributed by atoms with van der Waals surface area (Å²) in [5.74, 6) is -0.0235. The van der Waals surface area contributed by atoms with Gasteiger partial charge in [-0.25, -0.2) is 0 Å². The zero-order valence-corrected chi connectivity index (χ0v) is 9.45. The molecule has 0 aliphatic heterocycles. The molecule has 6 heteroatoms. The molecule has 1 rings (SSSR count). The number of nitrogens with two attached hydrogens (primary N) is 1. The first-order valence-corrected chi connectivity index (χ1v) is 4.96. The minimum absolute atomic E-state index is 0.0235. The molecule has 0 spiro atoms. The van der Waals surface area contributed by atoms with Crippen LogP contribution in [0.2, 0.25) is 0 Å². The van der Waals surface area contributed by atoms with Gasteiger partial charge in [0.25, 0.3) is 0 Å². The number of methoxy groups -OCH3 is 1. The topological polar surface area (TPSA) is 55.5 Å². The summed E-state index contributed by atoms with van der Waals surface area (Å²) in [5, 5.41) is 9.75. The second-order valence-corrected chi connectivity index (χ2v) is 3.72. The quantitative estimate of drug-likeness (QED) is 0.862. The standard InChI is InChI=1S/C11H14F3NO2/c1-6(15)10(16)9-7(11(12,13)14)4-3-5-8(9)17-2/h3-6,10,16H,15H2,1-2H3. The molecule has 1 aromatic carbocycles. The zero-order valence-electron chi connectivity index (χ0n) is 9.45. The summed E-state index contributed by atoms with van der Waals surface area (Å²) in [6.07, 6.45) is -5.98. The Morgan fingerprint density at radius 2 is 1.94 bits per heavy atom. The summed E-state index contributed by atoms with van der Waals surface area (Å²) in [7, 11) is 1.24. The van der Waals surface area contributed by atoms with Crippen LogP contribution in [0.5, 0.6) is 5.75 Å². The van der Waals surface area contributed by atoms with E-state index in [0.717, 1.165) is 6.07 Å². The minimum Gasteiger partial charge on any atom is -0.496 e. The van der Waals surface area contributed by atoms with E-state index in [1.54, 1.807) is 0 Å². The Morgan fingerprint density at radius 3 is 2.35 bits per heavy atom. The van der Waals surface area contributed by atoms with Crippen LogP contribution in [-0.2, 0) is 6.18 Å². The van der Waals surface area contributed by atoms with Gasteiger partial charge in [0.1, 0.15) is 5.75 Å². The van der Waals surface area contributed by atoms with Gasteiger partial charge >= 0.3 is 6.18 Å². The fourth-order valence-corrected chi connectivity index (χ4v) is 1.54. The highest BCUT2D eigenvalue weighted by Crippen LogP contribution is 2.39. The molecule has 0 heterocycles. The second kappa shape index (κ2) is 4.93. The van der Waals surface area contributed by atoms with Crippen LogP contribution < -0.4 is 10.5 Å². The largest absolute Gasteiger partial charge is 0.496 e. The van der Waals surface area contributed by atoms with E-state index in [9.17, 15) is 18.3 Å². The van der Waals surface area contributed by atoms with Gasteiger partial charge in [0.05, 0.1) is 18.8 Å². The van der Waals surface area contributed by atoms with Gasteiger partial charge in [-0.2, -0.15) is 13.2 Å². The molecule has 0 aliphatic carbocycles. The van der Waals surface area contributed by atoms with Crippen molar-refractivity contribution in [3.63, 3.8) is 0 Å². The Bertz CT molecular complexity index is 391. The number of hydrogen-bond donors (Lipinski definition) is 2. The third kappa shape index (κ3) is 2.89. The van der Waals surface area contributed by atoms with Crippen LogP contribution in [-0.4, -0.2) is 18.3 Å². The molecule has 3 N–H and O–H groups in total. The van der Waals surface area contributed by atoms with E-state index in [2.05, 4.69) is 0 Å². The van der Waals surface area contributed by atoms with Gasteiger partial charge in [0.2, 0.25) is 0 Å². The van der Waals surface area contributed by atoms with Crippen LogP contribution in [0.3, 0.4) is 0 Å². The van der Waals surface area contributed by atoms with Gasteiger partial charge < -0.3 is 15.6 Å². The first-order chi connectivity index (χ1) is 7.79. The molecular formula is C11H14F3NO2. The first-order valence-electron chi connectivity index (χ1n) is 4.96. The molecule has 17 heavy (non-hydrogen) atoms. The minimum atomic E-state index is -4.56. The number of halogens is 3. The van der Waals surface area contributed by atoms with E-state index in [-0.39, 0.29) is 11.3 Å². The van der Waals surface area contributed by atoms with Crippen molar-refractivity contribution in [3.8, 4) is 5.75 Å². The van der Waals surface area contributed by atoms with Gasteiger partial charge in [-0.3, -0.25) is 0 Å². The maximum atomic E-state index is 12.8. The summed E-state index contributed by atoms with van der Waals surface area (Å²) in [6.45, 7) is 1.43. The van der Waals surface area contributed by atoms with Crippen molar-refractivity contribution in [2.45, 2.75) is 25.2 Å². The number of alkyl halides is 3. The Balaban J connectivity index is 3.41. The van der Waals surface area contributed by atoms with E-state index in [1.165, 1.54) is 26.2 Å². The van der Waals surface area contributed by atoms with Gasteiger partial charge in [-0.1, -0.05) is 6.07 Å². The highest BCUT2D eigenvalue weighted by Gasteiger charge is 2.37. The average Bonchev–Trinajstić information content (AvgIpc) is 2.25. The Morgan fingerprint density at radius 1 is 1.35 bits per heavy atom. The zero-order chi connectivity index (χ0) is 13.2. The highest BCUT2D eigenvalue weighted by molar-refractivity contribution is 5.44. The monoisotopic (exact) mass is 249 g/mol. The van der Waals surface area contributed by atoms with Crippen molar-refractivity contribution in [2.75, 3.05) is 7.11 Å². The number of hydrogen-bond acceptors (Lipinski definition) is 3. The van der Waals surface area contributed by atoms with Crippen LogP contribution in [0, 0.1) is 0 Å². The van der Waals surface area contributed by atoms with Crippen LogP contribution in [0.15, 0.2) is 18.2 Å². The van der Waals surface area contributed by atoms with Crippen molar-refractivity contribution in [3.05, 3.63) is 29.3 Å². The highest BCUT2D eigenvalue weighted by atomic mass is 19.4. The lowest BCUT2D eigenvalue weighted by Gasteiger charge is -2.22. The maximum absolute atomic E-state index is 12.8. The van der Waals surface area contributed by atoms with Crippen molar-refractivity contribution in [2.24, 2.45) is 5.73 Å². The van der Waals surface area contributed by atoms with Crippen LogP contribution in [0.1, 0.15) is 24.2 Å². The van der Waals surface area contributed by atoms with Crippen molar-refractivity contribution in [1.82, 2.24) is 0 Å². The molecule has 3 nitrogen and oxygen atoms in total. The molecule has 2 unspecified atom stereocenters. The van der Waals surface area contributed by atoms with E-state index in [4.69, 9.17) is 10.5 Å². The Labute approximate surface area is 97.0 Å². The molecule has 0 radical (unpaired) electrons. The molecule has 0 aromatic heterocycles. The molecule has 0 amide bonds. The van der Waals surface area contributed by atoms with E-state index in [0.29, 0.717) is 0 Å². The molecule has 0 fully saturated rings. The number of rotatable bonds is 3.